The molecule has 0 saturated heterocycles. The van der Waals surface area contributed by atoms with E-state index >= 15 is 0 Å². The van der Waals surface area contributed by atoms with Gasteiger partial charge in [0, 0.05) is 36.2 Å². The van der Waals surface area contributed by atoms with E-state index < -0.39 is 10.8 Å². The van der Waals surface area contributed by atoms with E-state index in [1.54, 1.807) is 30.3 Å². The number of amides is 2. The van der Waals surface area contributed by atoms with Crippen molar-refractivity contribution in [1.82, 2.24) is 5.43 Å². The van der Waals surface area contributed by atoms with Gasteiger partial charge in [-0.2, -0.15) is 5.10 Å². The highest BCUT2D eigenvalue weighted by Gasteiger charge is 2.07. The number of rotatable bonds is 7. The molecule has 2 aromatic rings. The van der Waals surface area contributed by atoms with Gasteiger partial charge < -0.3 is 5.32 Å². The van der Waals surface area contributed by atoms with Crippen LogP contribution in [0.4, 0.5) is 11.4 Å². The zero-order valence-electron chi connectivity index (χ0n) is 13.2. The van der Waals surface area contributed by atoms with Crippen molar-refractivity contribution in [2.45, 2.75) is 12.8 Å². The molecule has 2 N–H and O–H groups in total. The summed E-state index contributed by atoms with van der Waals surface area (Å²) in [4.78, 5) is 33.5. The van der Waals surface area contributed by atoms with Crippen LogP contribution in [0.2, 0.25) is 0 Å². The summed E-state index contributed by atoms with van der Waals surface area (Å²) in [6, 6.07) is 14.8. The monoisotopic (exact) mass is 340 g/mol. The molecule has 0 spiro atoms. The summed E-state index contributed by atoms with van der Waals surface area (Å²) in [6.07, 6.45) is 1.30. The number of non-ortho nitro benzene ring substituents is 1. The van der Waals surface area contributed by atoms with E-state index in [2.05, 4.69) is 15.8 Å². The Morgan fingerprint density at radius 3 is 2.48 bits per heavy atom. The Morgan fingerprint density at radius 1 is 1.04 bits per heavy atom. The first kappa shape index (κ1) is 17.8. The summed E-state index contributed by atoms with van der Waals surface area (Å²) in [5, 5.41) is 17.1. The van der Waals surface area contributed by atoms with Crippen LogP contribution in [-0.4, -0.2) is 23.0 Å². The van der Waals surface area contributed by atoms with Crippen LogP contribution in [0.15, 0.2) is 59.7 Å². The Morgan fingerprint density at radius 2 is 1.76 bits per heavy atom. The molecule has 0 aliphatic rings. The summed E-state index contributed by atoms with van der Waals surface area (Å²) in [7, 11) is 0. The predicted molar refractivity (Wildman–Crippen MR) is 93.1 cm³/mol. The molecule has 0 aliphatic carbocycles. The van der Waals surface area contributed by atoms with Crippen LogP contribution in [0, 0.1) is 10.1 Å². The van der Waals surface area contributed by atoms with Crippen LogP contribution in [0.5, 0.6) is 0 Å². The van der Waals surface area contributed by atoms with Crippen molar-refractivity contribution in [3.05, 3.63) is 70.3 Å². The maximum Gasteiger partial charge on any atom is 0.270 e. The van der Waals surface area contributed by atoms with E-state index in [1.807, 2.05) is 6.07 Å². The largest absolute Gasteiger partial charge is 0.326 e. The van der Waals surface area contributed by atoms with Crippen LogP contribution in [0.3, 0.4) is 0 Å². The first-order chi connectivity index (χ1) is 12.0. The van der Waals surface area contributed by atoms with E-state index in [-0.39, 0.29) is 24.4 Å². The number of nitrogens with one attached hydrogen (secondary N) is 2. The molecule has 0 aliphatic heterocycles. The molecule has 2 rings (SSSR count). The van der Waals surface area contributed by atoms with Crippen molar-refractivity contribution in [3.63, 3.8) is 0 Å². The molecule has 0 heterocycles. The Balaban J connectivity index is 1.76. The smallest absolute Gasteiger partial charge is 0.270 e. The lowest BCUT2D eigenvalue weighted by atomic mass is 10.2. The average Bonchev–Trinajstić information content (AvgIpc) is 2.61. The van der Waals surface area contributed by atoms with Gasteiger partial charge in [0.05, 0.1) is 11.1 Å². The fourth-order valence-corrected chi connectivity index (χ4v) is 1.93. The van der Waals surface area contributed by atoms with Crippen LogP contribution < -0.4 is 10.7 Å². The van der Waals surface area contributed by atoms with Crippen molar-refractivity contribution in [1.29, 1.82) is 0 Å². The maximum atomic E-state index is 11.7. The number of nitro groups is 1. The maximum absolute atomic E-state index is 11.7. The van der Waals surface area contributed by atoms with Gasteiger partial charge in [0.25, 0.3) is 5.69 Å². The molecule has 0 saturated carbocycles. The molecule has 0 unspecified atom stereocenters. The van der Waals surface area contributed by atoms with E-state index in [9.17, 15) is 19.7 Å². The third-order valence-corrected chi connectivity index (χ3v) is 3.12. The second-order valence-corrected chi connectivity index (χ2v) is 5.06. The number of carbonyl (C=O) groups is 2. The van der Waals surface area contributed by atoms with E-state index in [0.29, 0.717) is 11.3 Å². The highest BCUT2D eigenvalue weighted by Crippen LogP contribution is 2.11. The fourth-order valence-electron chi connectivity index (χ4n) is 1.93. The van der Waals surface area contributed by atoms with Crippen molar-refractivity contribution in [2.75, 3.05) is 5.32 Å². The predicted octanol–water partition coefficient (Wildman–Crippen LogP) is 2.46. The third-order valence-electron chi connectivity index (χ3n) is 3.12. The standard InChI is InChI=1S/C17H16N4O4/c22-16(19-14-6-2-1-3-7-14)9-10-17(23)20-18-12-13-5-4-8-15(11-13)21(24)25/h1-8,11-12H,9-10H2,(H,19,22)(H,20,23)/b18-12+. The molecule has 2 amide bonds. The molecule has 8 heteroatoms. The van der Waals surface area contributed by atoms with Gasteiger partial charge in [-0.3, -0.25) is 19.7 Å². The molecule has 0 bridgehead atoms. The lowest BCUT2D eigenvalue weighted by molar-refractivity contribution is -0.384. The van der Waals surface area contributed by atoms with Crippen LogP contribution in [-0.2, 0) is 9.59 Å². The van der Waals surface area contributed by atoms with Crippen LogP contribution in [0.1, 0.15) is 18.4 Å². The minimum atomic E-state index is -0.513. The first-order valence-corrected chi connectivity index (χ1v) is 7.46. The first-order valence-electron chi connectivity index (χ1n) is 7.46. The normalized spacial score (nSPS) is 10.4. The number of benzene rings is 2. The summed E-state index contributed by atoms with van der Waals surface area (Å²) in [5.74, 6) is -0.700. The SMILES string of the molecule is O=C(CCC(=O)Nc1ccccc1)N/N=C/c1cccc([N+](=O)[O-])c1. The number of carbonyl (C=O) groups excluding carboxylic acids is 2. The van der Waals surface area contributed by atoms with Gasteiger partial charge in [-0.25, -0.2) is 5.43 Å². The molecule has 8 nitrogen and oxygen atoms in total. The number of nitrogens with zero attached hydrogens (tertiary/aromatic N) is 2. The van der Waals surface area contributed by atoms with Gasteiger partial charge in [-0.1, -0.05) is 30.3 Å². The second-order valence-electron chi connectivity index (χ2n) is 5.06. The van der Waals surface area contributed by atoms with Gasteiger partial charge in [0.15, 0.2) is 0 Å². The van der Waals surface area contributed by atoms with Crippen molar-refractivity contribution < 1.29 is 14.5 Å². The van der Waals surface area contributed by atoms with E-state index in [4.69, 9.17) is 0 Å². The molecule has 128 valence electrons. The number of nitro benzene ring substituents is 1. The number of hydrogen-bond donors (Lipinski definition) is 2. The quantitative estimate of drug-likeness (QED) is 0.458. The van der Waals surface area contributed by atoms with Crippen molar-refractivity contribution in [2.24, 2.45) is 5.10 Å². The number of para-hydroxylation sites is 1. The molecular formula is C17H16N4O4. The van der Waals surface area contributed by atoms with Crippen LogP contribution in [0.25, 0.3) is 0 Å². The van der Waals surface area contributed by atoms with Gasteiger partial charge in [-0.05, 0) is 12.1 Å². The Kier molecular flexibility index (Phi) is 6.35. The van der Waals surface area contributed by atoms with Crippen molar-refractivity contribution >= 4 is 29.4 Å². The molecule has 0 radical (unpaired) electrons. The van der Waals surface area contributed by atoms with Crippen molar-refractivity contribution in [3.8, 4) is 0 Å². The van der Waals surface area contributed by atoms with Gasteiger partial charge in [-0.15, -0.1) is 0 Å². The zero-order valence-corrected chi connectivity index (χ0v) is 13.2. The van der Waals surface area contributed by atoms with E-state index in [0.717, 1.165) is 0 Å². The Hall–Kier alpha value is -3.55. The zero-order chi connectivity index (χ0) is 18.1. The topological polar surface area (TPSA) is 114 Å². The summed E-state index contributed by atoms with van der Waals surface area (Å²) in [6.45, 7) is 0. The molecule has 2 aromatic carbocycles. The molecule has 0 atom stereocenters. The third kappa shape index (κ3) is 6.22. The summed E-state index contributed by atoms with van der Waals surface area (Å²) >= 11 is 0. The summed E-state index contributed by atoms with van der Waals surface area (Å²) < 4.78 is 0. The highest BCUT2D eigenvalue weighted by atomic mass is 16.6. The number of hydrogen-bond acceptors (Lipinski definition) is 5. The summed E-state index contributed by atoms with van der Waals surface area (Å²) in [5.41, 5.74) is 3.36. The molecule has 0 fully saturated rings. The van der Waals surface area contributed by atoms with Crippen LogP contribution >= 0.6 is 0 Å². The molecule has 0 aromatic heterocycles. The Labute approximate surface area is 143 Å². The second kappa shape index (κ2) is 8.92. The minimum absolute atomic E-state index is 0.0209. The minimum Gasteiger partial charge on any atom is -0.326 e. The molecular weight excluding hydrogens is 324 g/mol. The highest BCUT2D eigenvalue weighted by molar-refractivity contribution is 5.93. The van der Waals surface area contributed by atoms with Gasteiger partial charge in [0.1, 0.15) is 0 Å². The Bertz CT molecular complexity index is 790. The number of anilines is 1. The van der Waals surface area contributed by atoms with E-state index in [1.165, 1.54) is 24.4 Å². The fraction of sp³-hybridized carbons (Fsp3) is 0.118. The molecule has 25 heavy (non-hydrogen) atoms. The average molecular weight is 340 g/mol. The lowest BCUT2D eigenvalue weighted by Crippen LogP contribution is -2.20. The van der Waals surface area contributed by atoms with Gasteiger partial charge >= 0.3 is 0 Å². The lowest BCUT2D eigenvalue weighted by Gasteiger charge is -2.04. The number of hydrazone groups is 1. The van der Waals surface area contributed by atoms with Gasteiger partial charge in [0.2, 0.25) is 11.8 Å².